The molecule has 0 fully saturated rings. The van der Waals surface area contributed by atoms with Gasteiger partial charge in [-0.05, 0) is 24.6 Å². The van der Waals surface area contributed by atoms with Gasteiger partial charge in [-0.2, -0.15) is 0 Å². The van der Waals surface area contributed by atoms with Crippen molar-refractivity contribution in [3.05, 3.63) is 34.5 Å². The number of nitrogens with zero attached hydrogens (tertiary/aromatic N) is 1. The number of hydrogen-bond acceptors (Lipinski definition) is 4. The SMILES string of the molecule is CCC(N)c1cc(-c2cc(Br)ccc2OC)no1. The van der Waals surface area contributed by atoms with Crippen molar-refractivity contribution in [2.75, 3.05) is 7.11 Å². The Balaban J connectivity index is 2.42. The van der Waals surface area contributed by atoms with Crippen molar-refractivity contribution in [1.82, 2.24) is 5.16 Å². The van der Waals surface area contributed by atoms with E-state index in [1.807, 2.05) is 31.2 Å². The predicted octanol–water partition coefficient (Wildman–Crippen LogP) is 3.52. The minimum atomic E-state index is -0.121. The molecule has 1 unspecified atom stereocenters. The van der Waals surface area contributed by atoms with Crippen LogP contribution < -0.4 is 10.5 Å². The molecule has 2 aromatic rings. The second-order valence-electron chi connectivity index (χ2n) is 3.97. The van der Waals surface area contributed by atoms with Gasteiger partial charge < -0.3 is 15.0 Å². The molecule has 0 spiro atoms. The molecule has 0 bridgehead atoms. The van der Waals surface area contributed by atoms with Crippen LogP contribution in [0.5, 0.6) is 5.75 Å². The molecule has 1 aromatic carbocycles. The summed E-state index contributed by atoms with van der Waals surface area (Å²) in [6.45, 7) is 2.01. The highest BCUT2D eigenvalue weighted by molar-refractivity contribution is 9.10. The summed E-state index contributed by atoms with van der Waals surface area (Å²) >= 11 is 3.43. The summed E-state index contributed by atoms with van der Waals surface area (Å²) in [6, 6.07) is 7.48. The third kappa shape index (κ3) is 2.57. The molecule has 5 heteroatoms. The lowest BCUT2D eigenvalue weighted by atomic mass is 10.1. The maximum absolute atomic E-state index is 5.91. The first-order valence-corrected chi connectivity index (χ1v) is 6.51. The van der Waals surface area contributed by atoms with Crippen LogP contribution in [0.25, 0.3) is 11.3 Å². The quantitative estimate of drug-likeness (QED) is 0.938. The Labute approximate surface area is 114 Å². The fourth-order valence-electron chi connectivity index (χ4n) is 1.67. The second-order valence-corrected chi connectivity index (χ2v) is 4.89. The van der Waals surface area contributed by atoms with E-state index in [-0.39, 0.29) is 6.04 Å². The molecule has 0 aliphatic carbocycles. The average molecular weight is 311 g/mol. The van der Waals surface area contributed by atoms with Crippen LogP contribution >= 0.6 is 15.9 Å². The molecule has 1 atom stereocenters. The molecule has 1 heterocycles. The number of ether oxygens (including phenoxy) is 1. The van der Waals surface area contributed by atoms with Gasteiger partial charge >= 0.3 is 0 Å². The summed E-state index contributed by atoms with van der Waals surface area (Å²) in [5, 5.41) is 4.05. The lowest BCUT2D eigenvalue weighted by molar-refractivity contribution is 0.360. The zero-order valence-electron chi connectivity index (χ0n) is 10.3. The molecule has 0 amide bonds. The summed E-state index contributed by atoms with van der Waals surface area (Å²) in [7, 11) is 1.63. The second kappa shape index (κ2) is 5.54. The van der Waals surface area contributed by atoms with Crippen LogP contribution in [0.3, 0.4) is 0 Å². The Morgan fingerprint density at radius 3 is 2.89 bits per heavy atom. The van der Waals surface area contributed by atoms with Crippen molar-refractivity contribution in [3.63, 3.8) is 0 Å². The number of aromatic nitrogens is 1. The standard InChI is InChI=1S/C13H15BrN2O2/c1-3-10(15)13-7-11(16-18-13)9-6-8(14)4-5-12(9)17-2/h4-7,10H,3,15H2,1-2H3. The van der Waals surface area contributed by atoms with Crippen LogP contribution in [-0.4, -0.2) is 12.3 Å². The van der Waals surface area contributed by atoms with Gasteiger partial charge in [0.2, 0.25) is 0 Å². The van der Waals surface area contributed by atoms with Crippen molar-refractivity contribution >= 4 is 15.9 Å². The van der Waals surface area contributed by atoms with E-state index in [0.29, 0.717) is 5.76 Å². The molecule has 0 aliphatic heterocycles. The smallest absolute Gasteiger partial charge is 0.154 e. The number of nitrogens with two attached hydrogens (primary N) is 1. The highest BCUT2D eigenvalue weighted by Crippen LogP contribution is 2.33. The van der Waals surface area contributed by atoms with Gasteiger partial charge in [0.25, 0.3) is 0 Å². The van der Waals surface area contributed by atoms with Crippen LogP contribution in [0.15, 0.2) is 33.3 Å². The Morgan fingerprint density at radius 1 is 1.44 bits per heavy atom. The Kier molecular flexibility index (Phi) is 4.04. The van der Waals surface area contributed by atoms with E-state index in [2.05, 4.69) is 21.1 Å². The molecule has 0 saturated carbocycles. The number of hydrogen-bond donors (Lipinski definition) is 1. The van der Waals surface area contributed by atoms with Gasteiger partial charge in [-0.1, -0.05) is 28.0 Å². The van der Waals surface area contributed by atoms with Crippen LogP contribution in [0.4, 0.5) is 0 Å². The molecule has 0 radical (unpaired) electrons. The topological polar surface area (TPSA) is 61.3 Å². The first-order valence-electron chi connectivity index (χ1n) is 5.71. The minimum absolute atomic E-state index is 0.121. The molecule has 2 N–H and O–H groups in total. The Hall–Kier alpha value is -1.33. The summed E-state index contributed by atoms with van der Waals surface area (Å²) in [6.07, 6.45) is 0.810. The predicted molar refractivity (Wildman–Crippen MR) is 73.4 cm³/mol. The van der Waals surface area contributed by atoms with E-state index in [1.165, 1.54) is 0 Å². The number of rotatable bonds is 4. The Bertz CT molecular complexity index is 540. The van der Waals surface area contributed by atoms with Gasteiger partial charge in [0, 0.05) is 16.1 Å². The molecule has 96 valence electrons. The van der Waals surface area contributed by atoms with Crippen molar-refractivity contribution in [3.8, 4) is 17.0 Å². The molecule has 2 rings (SSSR count). The largest absolute Gasteiger partial charge is 0.496 e. The monoisotopic (exact) mass is 310 g/mol. The van der Waals surface area contributed by atoms with Crippen molar-refractivity contribution < 1.29 is 9.26 Å². The van der Waals surface area contributed by atoms with Gasteiger partial charge in [0.05, 0.1) is 13.2 Å². The van der Waals surface area contributed by atoms with E-state index in [1.54, 1.807) is 7.11 Å². The number of benzene rings is 1. The zero-order valence-corrected chi connectivity index (χ0v) is 11.9. The molecular formula is C13H15BrN2O2. The highest BCUT2D eigenvalue weighted by atomic mass is 79.9. The summed E-state index contributed by atoms with van der Waals surface area (Å²) in [4.78, 5) is 0. The maximum atomic E-state index is 5.91. The fourth-order valence-corrected chi connectivity index (χ4v) is 2.03. The van der Waals surface area contributed by atoms with E-state index in [0.717, 1.165) is 27.9 Å². The summed E-state index contributed by atoms with van der Waals surface area (Å²) in [5.74, 6) is 1.44. The molecule has 1 aromatic heterocycles. The van der Waals surface area contributed by atoms with Crippen LogP contribution in [0.2, 0.25) is 0 Å². The first kappa shape index (κ1) is 13.1. The van der Waals surface area contributed by atoms with E-state index in [4.69, 9.17) is 15.0 Å². The molecule has 0 aliphatic rings. The van der Waals surface area contributed by atoms with Gasteiger partial charge in [0.15, 0.2) is 5.76 Å². The maximum Gasteiger partial charge on any atom is 0.154 e. The van der Waals surface area contributed by atoms with Gasteiger partial charge in [-0.3, -0.25) is 0 Å². The first-order chi connectivity index (χ1) is 8.65. The van der Waals surface area contributed by atoms with Gasteiger partial charge in [0.1, 0.15) is 11.4 Å². The van der Waals surface area contributed by atoms with E-state index in [9.17, 15) is 0 Å². The van der Waals surface area contributed by atoms with Gasteiger partial charge in [-0.25, -0.2) is 0 Å². The third-order valence-electron chi connectivity index (χ3n) is 2.77. The molecule has 0 saturated heterocycles. The van der Waals surface area contributed by atoms with Crippen LogP contribution in [-0.2, 0) is 0 Å². The molecule has 4 nitrogen and oxygen atoms in total. The van der Waals surface area contributed by atoms with E-state index >= 15 is 0 Å². The summed E-state index contributed by atoms with van der Waals surface area (Å²) < 4.78 is 11.5. The lowest BCUT2D eigenvalue weighted by Crippen LogP contribution is -2.06. The van der Waals surface area contributed by atoms with Crippen molar-refractivity contribution in [2.24, 2.45) is 5.73 Å². The van der Waals surface area contributed by atoms with Crippen LogP contribution in [0, 0.1) is 0 Å². The van der Waals surface area contributed by atoms with Gasteiger partial charge in [-0.15, -0.1) is 0 Å². The molecular weight excluding hydrogens is 296 g/mol. The normalized spacial score (nSPS) is 12.4. The fraction of sp³-hybridized carbons (Fsp3) is 0.308. The highest BCUT2D eigenvalue weighted by Gasteiger charge is 2.15. The minimum Gasteiger partial charge on any atom is -0.496 e. The van der Waals surface area contributed by atoms with Crippen molar-refractivity contribution in [2.45, 2.75) is 19.4 Å². The number of halogens is 1. The average Bonchev–Trinajstić information content (AvgIpc) is 2.87. The summed E-state index contributed by atoms with van der Waals surface area (Å²) in [5.41, 5.74) is 7.52. The van der Waals surface area contributed by atoms with Crippen molar-refractivity contribution in [1.29, 1.82) is 0 Å². The molecule has 18 heavy (non-hydrogen) atoms. The van der Waals surface area contributed by atoms with Crippen LogP contribution in [0.1, 0.15) is 25.1 Å². The Morgan fingerprint density at radius 2 is 2.22 bits per heavy atom. The third-order valence-corrected chi connectivity index (χ3v) is 3.26. The number of methoxy groups -OCH3 is 1. The zero-order chi connectivity index (χ0) is 13.1. The van der Waals surface area contributed by atoms with E-state index < -0.39 is 0 Å². The lowest BCUT2D eigenvalue weighted by Gasteiger charge is -2.05.